The molecule has 3 amide bonds. The third-order valence-electron chi connectivity index (χ3n) is 5.36. The Balaban J connectivity index is 1.57. The predicted molar refractivity (Wildman–Crippen MR) is 132 cm³/mol. The fourth-order valence-corrected chi connectivity index (χ4v) is 3.38. The highest BCUT2D eigenvalue weighted by Crippen LogP contribution is 2.12. The molecule has 0 saturated heterocycles. The maximum absolute atomic E-state index is 12.6. The van der Waals surface area contributed by atoms with Crippen LogP contribution >= 0.6 is 0 Å². The second-order valence-electron chi connectivity index (χ2n) is 8.00. The van der Waals surface area contributed by atoms with Crippen LogP contribution < -0.4 is 16.4 Å². The van der Waals surface area contributed by atoms with Crippen molar-refractivity contribution in [3.8, 4) is 0 Å². The number of ketones is 1. The summed E-state index contributed by atoms with van der Waals surface area (Å²) < 4.78 is 5.06. The number of carbonyl (C=O) groups excluding carboxylic acids is 4. The SMILES string of the molecule is NC(=O)[C@@H](Cc1ccc(C(=O)c2ccccc2)cc1)NC(=O)[C@H](CO)NC(=O)OCc1ccccc1. The molecule has 0 bridgehead atoms. The molecule has 0 unspecified atom stereocenters. The van der Waals surface area contributed by atoms with Gasteiger partial charge in [0.25, 0.3) is 0 Å². The van der Waals surface area contributed by atoms with Crippen LogP contribution in [0.15, 0.2) is 84.9 Å². The van der Waals surface area contributed by atoms with E-state index in [1.54, 1.807) is 72.8 Å². The number of hydrogen-bond acceptors (Lipinski definition) is 6. The standard InChI is InChI=1S/C27H27N3O6/c28-25(33)22(15-18-11-13-21(14-12-18)24(32)20-9-5-2-6-10-20)29-26(34)23(16-31)30-27(35)36-17-19-7-3-1-4-8-19/h1-14,22-23,31H,15-17H2,(H2,28,33)(H,29,34)(H,30,35)/t22-,23+/m1/s1. The Morgan fingerprint density at radius 1 is 0.750 bits per heavy atom. The van der Waals surface area contributed by atoms with Crippen molar-refractivity contribution in [2.24, 2.45) is 5.73 Å². The Kier molecular flexibility index (Phi) is 9.30. The Hall–Kier alpha value is -4.50. The Bertz CT molecular complexity index is 1180. The molecule has 3 aromatic carbocycles. The number of carbonyl (C=O) groups is 4. The molecule has 0 aliphatic carbocycles. The van der Waals surface area contributed by atoms with E-state index in [9.17, 15) is 24.3 Å². The number of primary amides is 1. The molecular formula is C27H27N3O6. The number of alkyl carbamates (subject to hydrolysis) is 1. The van der Waals surface area contributed by atoms with Gasteiger partial charge in [0.15, 0.2) is 5.78 Å². The molecule has 186 valence electrons. The lowest BCUT2D eigenvalue weighted by Crippen LogP contribution is -2.54. The van der Waals surface area contributed by atoms with Crippen LogP contribution in [0, 0.1) is 0 Å². The van der Waals surface area contributed by atoms with E-state index < -0.39 is 36.6 Å². The van der Waals surface area contributed by atoms with Gasteiger partial charge in [-0.15, -0.1) is 0 Å². The largest absolute Gasteiger partial charge is 0.445 e. The first-order valence-corrected chi connectivity index (χ1v) is 11.2. The maximum atomic E-state index is 12.6. The molecule has 0 spiro atoms. The molecule has 9 nitrogen and oxygen atoms in total. The van der Waals surface area contributed by atoms with Gasteiger partial charge in [-0.3, -0.25) is 14.4 Å². The number of rotatable bonds is 11. The van der Waals surface area contributed by atoms with Gasteiger partial charge in [-0.25, -0.2) is 4.79 Å². The number of amides is 3. The normalized spacial score (nSPS) is 12.1. The smallest absolute Gasteiger partial charge is 0.408 e. The first-order valence-electron chi connectivity index (χ1n) is 11.2. The van der Waals surface area contributed by atoms with Gasteiger partial charge in [-0.1, -0.05) is 84.9 Å². The van der Waals surface area contributed by atoms with Crippen molar-refractivity contribution in [2.45, 2.75) is 25.1 Å². The highest BCUT2D eigenvalue weighted by atomic mass is 16.5. The van der Waals surface area contributed by atoms with Crippen LogP contribution in [-0.2, 0) is 27.4 Å². The monoisotopic (exact) mass is 489 g/mol. The number of hydrogen-bond donors (Lipinski definition) is 4. The van der Waals surface area contributed by atoms with Crippen LogP contribution in [0.5, 0.6) is 0 Å². The van der Waals surface area contributed by atoms with Crippen molar-refractivity contribution < 1.29 is 29.0 Å². The molecule has 0 aliphatic rings. The van der Waals surface area contributed by atoms with E-state index in [0.29, 0.717) is 16.7 Å². The quantitative estimate of drug-likeness (QED) is 0.302. The zero-order valence-electron chi connectivity index (χ0n) is 19.4. The molecule has 3 rings (SSSR count). The molecule has 0 fully saturated rings. The molecule has 0 saturated carbocycles. The summed E-state index contributed by atoms with van der Waals surface area (Å²) in [4.78, 5) is 49.2. The zero-order chi connectivity index (χ0) is 25.9. The molecule has 5 N–H and O–H groups in total. The van der Waals surface area contributed by atoms with E-state index in [0.717, 1.165) is 5.56 Å². The van der Waals surface area contributed by atoms with E-state index in [1.165, 1.54) is 0 Å². The molecule has 3 aromatic rings. The van der Waals surface area contributed by atoms with Crippen molar-refractivity contribution in [3.63, 3.8) is 0 Å². The minimum Gasteiger partial charge on any atom is -0.445 e. The van der Waals surface area contributed by atoms with Crippen LogP contribution in [0.2, 0.25) is 0 Å². The van der Waals surface area contributed by atoms with Gasteiger partial charge >= 0.3 is 6.09 Å². The molecule has 0 aromatic heterocycles. The summed E-state index contributed by atoms with van der Waals surface area (Å²) in [6.45, 7) is -0.729. The third-order valence-corrected chi connectivity index (χ3v) is 5.36. The summed E-state index contributed by atoms with van der Waals surface area (Å²) in [5.41, 5.74) is 7.89. The molecule has 0 radical (unpaired) electrons. The molecule has 2 atom stereocenters. The number of ether oxygens (including phenoxy) is 1. The number of nitrogens with two attached hydrogens (primary N) is 1. The van der Waals surface area contributed by atoms with E-state index in [4.69, 9.17) is 10.5 Å². The van der Waals surface area contributed by atoms with Crippen molar-refractivity contribution in [3.05, 3.63) is 107 Å². The number of benzene rings is 3. The lowest BCUT2D eigenvalue weighted by molar-refractivity contribution is -0.129. The van der Waals surface area contributed by atoms with Crippen LogP contribution in [-0.4, -0.2) is 47.5 Å². The van der Waals surface area contributed by atoms with Gasteiger partial charge in [-0.2, -0.15) is 0 Å². The zero-order valence-corrected chi connectivity index (χ0v) is 19.4. The van der Waals surface area contributed by atoms with Gasteiger partial charge < -0.3 is 26.2 Å². The van der Waals surface area contributed by atoms with Crippen LogP contribution in [0.1, 0.15) is 27.0 Å². The Morgan fingerprint density at radius 2 is 1.33 bits per heavy atom. The van der Waals surface area contributed by atoms with Crippen LogP contribution in [0.25, 0.3) is 0 Å². The Morgan fingerprint density at radius 3 is 1.92 bits per heavy atom. The average Bonchev–Trinajstić information content (AvgIpc) is 2.91. The first-order chi connectivity index (χ1) is 17.4. The summed E-state index contributed by atoms with van der Waals surface area (Å²) >= 11 is 0. The van der Waals surface area contributed by atoms with Gasteiger partial charge in [0, 0.05) is 17.5 Å². The maximum Gasteiger partial charge on any atom is 0.408 e. The fourth-order valence-electron chi connectivity index (χ4n) is 3.38. The second kappa shape index (κ2) is 12.8. The summed E-state index contributed by atoms with van der Waals surface area (Å²) in [6, 6.07) is 21.9. The molecule has 9 heteroatoms. The van der Waals surface area contributed by atoms with Crippen molar-refractivity contribution in [2.75, 3.05) is 6.61 Å². The molecular weight excluding hydrogens is 462 g/mol. The third kappa shape index (κ3) is 7.51. The number of aliphatic hydroxyl groups is 1. The van der Waals surface area contributed by atoms with Gasteiger partial charge in [0.05, 0.1) is 6.61 Å². The van der Waals surface area contributed by atoms with Crippen molar-refractivity contribution in [1.29, 1.82) is 0 Å². The van der Waals surface area contributed by atoms with Crippen LogP contribution in [0.3, 0.4) is 0 Å². The van der Waals surface area contributed by atoms with Crippen LogP contribution in [0.4, 0.5) is 4.79 Å². The van der Waals surface area contributed by atoms with Gasteiger partial charge in [0.1, 0.15) is 18.7 Å². The highest BCUT2D eigenvalue weighted by Gasteiger charge is 2.26. The topological polar surface area (TPSA) is 148 Å². The van der Waals surface area contributed by atoms with E-state index in [-0.39, 0.29) is 18.8 Å². The second-order valence-corrected chi connectivity index (χ2v) is 8.00. The Labute approximate surface area is 208 Å². The highest BCUT2D eigenvalue weighted by molar-refractivity contribution is 6.08. The number of aliphatic hydroxyl groups excluding tert-OH is 1. The first kappa shape index (κ1) is 26.1. The number of nitrogens with one attached hydrogen (secondary N) is 2. The molecule has 36 heavy (non-hydrogen) atoms. The predicted octanol–water partition coefficient (Wildman–Crippen LogP) is 1.72. The fraction of sp³-hybridized carbons (Fsp3) is 0.185. The lowest BCUT2D eigenvalue weighted by Gasteiger charge is -2.20. The lowest BCUT2D eigenvalue weighted by atomic mass is 9.99. The summed E-state index contributed by atoms with van der Waals surface area (Å²) in [5, 5.41) is 14.3. The summed E-state index contributed by atoms with van der Waals surface area (Å²) in [7, 11) is 0. The van der Waals surface area contributed by atoms with Crippen molar-refractivity contribution >= 4 is 23.7 Å². The van der Waals surface area contributed by atoms with Gasteiger partial charge in [0.2, 0.25) is 11.8 Å². The van der Waals surface area contributed by atoms with E-state index in [1.807, 2.05) is 12.1 Å². The molecule has 0 heterocycles. The van der Waals surface area contributed by atoms with E-state index in [2.05, 4.69) is 10.6 Å². The van der Waals surface area contributed by atoms with Gasteiger partial charge in [-0.05, 0) is 11.1 Å². The minimum atomic E-state index is -1.35. The van der Waals surface area contributed by atoms with E-state index >= 15 is 0 Å². The molecule has 0 aliphatic heterocycles. The minimum absolute atomic E-state index is 0.0148. The summed E-state index contributed by atoms with van der Waals surface area (Å²) in [6.07, 6.45) is -0.848. The summed E-state index contributed by atoms with van der Waals surface area (Å²) in [5.74, 6) is -1.73. The average molecular weight is 490 g/mol. The van der Waals surface area contributed by atoms with Crippen molar-refractivity contribution in [1.82, 2.24) is 10.6 Å².